The Morgan fingerprint density at radius 3 is 2.59 bits per heavy atom. The molecule has 0 unspecified atom stereocenters. The number of ether oxygens (including phenoxy) is 1. The van der Waals surface area contributed by atoms with Gasteiger partial charge < -0.3 is 9.64 Å². The third-order valence-electron chi connectivity index (χ3n) is 5.76. The molecule has 1 aliphatic heterocycles. The van der Waals surface area contributed by atoms with Crippen molar-refractivity contribution in [1.29, 1.82) is 0 Å². The first-order chi connectivity index (χ1) is 18.6. The zero-order valence-electron chi connectivity index (χ0n) is 20.2. The summed E-state index contributed by atoms with van der Waals surface area (Å²) in [5.41, 5.74) is 1.93. The average Bonchev–Trinajstić information content (AvgIpc) is 3.47. The van der Waals surface area contributed by atoms with E-state index in [0.29, 0.717) is 33.4 Å². The highest BCUT2D eigenvalue weighted by atomic mass is 35.5. The molecular formula is C24H17Cl2F2N7O3S. The number of hydrogen-bond donors (Lipinski definition) is 1. The molecule has 0 aliphatic carbocycles. The molecule has 39 heavy (non-hydrogen) atoms. The predicted molar refractivity (Wildman–Crippen MR) is 139 cm³/mol. The van der Waals surface area contributed by atoms with Gasteiger partial charge in [0.25, 0.3) is 18.2 Å². The number of fused-ring (bicyclic) bond motifs is 1. The number of methoxy groups -OCH3 is 1. The molecule has 1 aliphatic rings. The first-order valence-corrected chi connectivity index (χ1v) is 12.8. The van der Waals surface area contributed by atoms with Gasteiger partial charge in [-0.3, -0.25) is 19.9 Å². The van der Waals surface area contributed by atoms with E-state index in [4.69, 9.17) is 27.9 Å². The van der Waals surface area contributed by atoms with Crippen LogP contribution in [0.3, 0.4) is 0 Å². The largest absolute Gasteiger partial charge is 0.494 e. The van der Waals surface area contributed by atoms with Crippen molar-refractivity contribution in [2.75, 3.05) is 12.4 Å². The van der Waals surface area contributed by atoms with E-state index in [-0.39, 0.29) is 34.7 Å². The fraction of sp³-hybridized carbons (Fsp3) is 0.208. The van der Waals surface area contributed by atoms with Crippen LogP contribution in [0.2, 0.25) is 10.2 Å². The lowest BCUT2D eigenvalue weighted by molar-refractivity contribution is 0.0736. The Labute approximate surface area is 234 Å². The molecule has 0 aromatic carbocycles. The van der Waals surface area contributed by atoms with Gasteiger partial charge in [-0.05, 0) is 19.1 Å². The minimum Gasteiger partial charge on any atom is -0.494 e. The molecule has 0 bridgehead atoms. The molecule has 0 spiro atoms. The molecule has 5 rings (SSSR count). The van der Waals surface area contributed by atoms with Crippen molar-refractivity contribution in [3.05, 3.63) is 74.2 Å². The Hall–Kier alpha value is -3.81. The second-order valence-corrected chi connectivity index (χ2v) is 10.2. The summed E-state index contributed by atoms with van der Waals surface area (Å²) in [5.74, 6) is -1.04. The molecule has 4 aromatic rings. The highest BCUT2D eigenvalue weighted by Gasteiger charge is 2.31. The fourth-order valence-electron chi connectivity index (χ4n) is 3.93. The van der Waals surface area contributed by atoms with Crippen molar-refractivity contribution in [3.8, 4) is 16.9 Å². The lowest BCUT2D eigenvalue weighted by Gasteiger charge is -2.15. The number of nitrogens with one attached hydrogen (secondary N) is 1. The molecule has 0 fully saturated rings. The Balaban J connectivity index is 1.34. The maximum Gasteiger partial charge on any atom is 0.292 e. The quantitative estimate of drug-likeness (QED) is 0.297. The van der Waals surface area contributed by atoms with Gasteiger partial charge in [0.2, 0.25) is 5.82 Å². The zero-order valence-corrected chi connectivity index (χ0v) is 22.5. The third kappa shape index (κ3) is 5.37. The highest BCUT2D eigenvalue weighted by Crippen LogP contribution is 2.36. The van der Waals surface area contributed by atoms with Crippen molar-refractivity contribution in [2.24, 2.45) is 0 Å². The number of aromatic nitrogens is 5. The van der Waals surface area contributed by atoms with Crippen molar-refractivity contribution < 1.29 is 23.1 Å². The van der Waals surface area contributed by atoms with Crippen LogP contribution in [0.1, 0.15) is 49.4 Å². The number of hydrogen-bond acceptors (Lipinski definition) is 9. The van der Waals surface area contributed by atoms with Crippen LogP contribution in [0.25, 0.3) is 11.1 Å². The van der Waals surface area contributed by atoms with Gasteiger partial charge in [0.05, 0.1) is 53.8 Å². The van der Waals surface area contributed by atoms with Gasteiger partial charge >= 0.3 is 0 Å². The van der Waals surface area contributed by atoms with Crippen molar-refractivity contribution >= 4 is 51.5 Å². The molecule has 5 heterocycles. The first kappa shape index (κ1) is 26.8. The number of pyridine rings is 2. The van der Waals surface area contributed by atoms with Crippen molar-refractivity contribution in [3.63, 3.8) is 0 Å². The summed E-state index contributed by atoms with van der Waals surface area (Å²) in [5, 5.41) is 3.02. The fourth-order valence-corrected chi connectivity index (χ4v) is 5.25. The molecule has 0 saturated carbocycles. The second-order valence-electron chi connectivity index (χ2n) is 8.31. The molecular weight excluding hydrogens is 575 g/mol. The van der Waals surface area contributed by atoms with Gasteiger partial charge in [0, 0.05) is 23.0 Å². The number of thiazole rings is 1. The third-order valence-corrected chi connectivity index (χ3v) is 7.26. The van der Waals surface area contributed by atoms with E-state index in [1.165, 1.54) is 35.7 Å². The van der Waals surface area contributed by atoms with Crippen LogP contribution in [0.5, 0.6) is 5.75 Å². The minimum atomic E-state index is -2.94. The number of alkyl halides is 2. The normalized spacial score (nSPS) is 12.5. The van der Waals surface area contributed by atoms with Crippen LogP contribution in [0, 0.1) is 6.92 Å². The summed E-state index contributed by atoms with van der Waals surface area (Å²) >= 11 is 13.0. The van der Waals surface area contributed by atoms with Gasteiger partial charge in [0.15, 0.2) is 5.13 Å². The summed E-state index contributed by atoms with van der Waals surface area (Å²) in [6.07, 6.45) is 0.956. The Morgan fingerprint density at radius 1 is 1.08 bits per heavy atom. The zero-order chi connectivity index (χ0) is 27.8. The van der Waals surface area contributed by atoms with Gasteiger partial charge in [-0.1, -0.05) is 34.5 Å². The van der Waals surface area contributed by atoms with Gasteiger partial charge in [-0.15, -0.1) is 0 Å². The van der Waals surface area contributed by atoms with Gasteiger partial charge in [0.1, 0.15) is 16.6 Å². The Bertz CT molecular complexity index is 1600. The van der Waals surface area contributed by atoms with E-state index < -0.39 is 23.9 Å². The summed E-state index contributed by atoms with van der Waals surface area (Å²) in [7, 11) is 1.49. The number of aryl methyl sites for hydroxylation is 1. The summed E-state index contributed by atoms with van der Waals surface area (Å²) in [6.45, 7) is 2.05. The van der Waals surface area contributed by atoms with Crippen LogP contribution in [0.4, 0.5) is 13.9 Å². The second kappa shape index (κ2) is 10.8. The Morgan fingerprint density at radius 2 is 1.87 bits per heavy atom. The number of carbonyl (C=O) groups is 2. The summed E-state index contributed by atoms with van der Waals surface area (Å²) in [4.78, 5) is 48.3. The first-order valence-electron chi connectivity index (χ1n) is 11.2. The maximum absolute atomic E-state index is 13.3. The molecule has 0 radical (unpaired) electrons. The highest BCUT2D eigenvalue weighted by molar-refractivity contribution is 7.16. The molecule has 200 valence electrons. The summed E-state index contributed by atoms with van der Waals surface area (Å²) < 4.78 is 31.6. The van der Waals surface area contributed by atoms with E-state index in [1.54, 1.807) is 19.1 Å². The van der Waals surface area contributed by atoms with Gasteiger partial charge in [-0.2, -0.15) is 0 Å². The van der Waals surface area contributed by atoms with Crippen LogP contribution in [0.15, 0.2) is 30.7 Å². The van der Waals surface area contributed by atoms with E-state index >= 15 is 0 Å². The predicted octanol–water partition coefficient (Wildman–Crippen LogP) is 5.36. The smallest absolute Gasteiger partial charge is 0.292 e. The van der Waals surface area contributed by atoms with E-state index in [2.05, 4.69) is 30.2 Å². The number of anilines is 1. The van der Waals surface area contributed by atoms with Crippen LogP contribution < -0.4 is 10.1 Å². The minimum absolute atomic E-state index is 0.0978. The molecule has 1 N–H and O–H groups in total. The summed E-state index contributed by atoms with van der Waals surface area (Å²) in [6, 6.07) is 3.34. The molecule has 0 atom stereocenters. The van der Waals surface area contributed by atoms with E-state index in [0.717, 1.165) is 11.1 Å². The SMILES string of the molecule is COc1cnc(Cl)cc1-c1cc(C)ncc1C(=O)Nc1nc2c(s1)CN(C(=O)c1ncc(Cl)c(C(F)F)n1)C2. The number of halogens is 4. The molecule has 2 amide bonds. The number of carbonyl (C=O) groups excluding carboxylic acids is 2. The Kier molecular flexibility index (Phi) is 7.38. The molecule has 4 aromatic heterocycles. The number of amides is 2. The van der Waals surface area contributed by atoms with Crippen LogP contribution in [-0.4, -0.2) is 48.7 Å². The monoisotopic (exact) mass is 591 g/mol. The van der Waals surface area contributed by atoms with Crippen molar-refractivity contribution in [1.82, 2.24) is 29.8 Å². The number of rotatable bonds is 6. The average molecular weight is 592 g/mol. The van der Waals surface area contributed by atoms with E-state index in [9.17, 15) is 18.4 Å². The lowest BCUT2D eigenvalue weighted by atomic mass is 10.0. The molecule has 0 saturated heterocycles. The van der Waals surface area contributed by atoms with E-state index in [1.807, 2.05) is 0 Å². The molecule has 10 nitrogen and oxygen atoms in total. The standard InChI is InChI=1S/C24H17Cl2F2N7O3S/c1-10-3-11(12-4-18(26)30-7-16(12)38-2)13(5-29-10)22(36)34-24-32-15-8-35(9-17(15)39-24)23(37)21-31-6-14(25)19(33-21)20(27)28/h3-7,20H,8-9H2,1-2H3,(H,32,34,36). The van der Waals surface area contributed by atoms with Crippen molar-refractivity contribution in [2.45, 2.75) is 26.4 Å². The molecule has 15 heteroatoms. The number of nitrogens with zero attached hydrogens (tertiary/aromatic N) is 6. The topological polar surface area (TPSA) is 123 Å². The van der Waals surface area contributed by atoms with Gasteiger partial charge in [-0.25, -0.2) is 28.7 Å². The lowest BCUT2D eigenvalue weighted by Crippen LogP contribution is -2.27. The van der Waals surface area contributed by atoms with Crippen LogP contribution >= 0.6 is 34.5 Å². The van der Waals surface area contributed by atoms with Crippen LogP contribution in [-0.2, 0) is 13.1 Å². The maximum atomic E-state index is 13.3.